The monoisotopic (exact) mass is 460 g/mol. The van der Waals surface area contributed by atoms with Crippen molar-refractivity contribution in [3.8, 4) is 0 Å². The van der Waals surface area contributed by atoms with Crippen LogP contribution in [-0.2, 0) is 25.6 Å². The molecular weight excluding hydrogens is 432 g/mol. The average molecular weight is 461 g/mol. The van der Waals surface area contributed by atoms with E-state index >= 15 is 0 Å². The van der Waals surface area contributed by atoms with Gasteiger partial charge in [0, 0.05) is 24.1 Å². The average Bonchev–Trinajstić information content (AvgIpc) is 3.21. The molecule has 7 N–H and O–H groups in total. The normalized spacial score (nSPS) is 14.8. The Morgan fingerprint density at radius 2 is 1.87 bits per heavy atom. The van der Waals surface area contributed by atoms with Gasteiger partial charge in [0.05, 0.1) is 12.4 Å². The highest BCUT2D eigenvalue weighted by Gasteiger charge is 2.27. The summed E-state index contributed by atoms with van der Waals surface area (Å²) in [5, 5.41) is 16.4. The molecule has 1 aromatic rings. The number of nitrogens with zero attached hydrogens (tertiary/aromatic N) is 1. The van der Waals surface area contributed by atoms with Crippen molar-refractivity contribution in [3.63, 3.8) is 0 Å². The number of carboxylic acids is 1. The summed E-state index contributed by atoms with van der Waals surface area (Å²) in [6.45, 7) is 1.42. The molecule has 11 nitrogen and oxygen atoms in total. The summed E-state index contributed by atoms with van der Waals surface area (Å²) in [5.74, 6) is -2.47. The Morgan fingerprint density at radius 1 is 1.20 bits per heavy atom. The molecule has 13 heteroatoms. The Bertz CT molecular complexity index is 718. The van der Waals surface area contributed by atoms with Crippen molar-refractivity contribution in [1.82, 2.24) is 25.9 Å². The van der Waals surface area contributed by atoms with Gasteiger partial charge in [0.1, 0.15) is 18.1 Å². The van der Waals surface area contributed by atoms with Crippen LogP contribution in [0.25, 0.3) is 0 Å². The van der Waals surface area contributed by atoms with Gasteiger partial charge in [-0.25, -0.2) is 9.78 Å². The minimum absolute atomic E-state index is 0.0949. The lowest BCUT2D eigenvalue weighted by Gasteiger charge is -2.23. The van der Waals surface area contributed by atoms with Gasteiger partial charge in [-0.2, -0.15) is 24.4 Å². The second-order valence-corrected chi connectivity index (χ2v) is 7.89. The summed E-state index contributed by atoms with van der Waals surface area (Å²) in [7, 11) is 0. The van der Waals surface area contributed by atoms with E-state index in [2.05, 4.69) is 38.5 Å². The molecule has 0 saturated carbocycles. The predicted molar refractivity (Wildman–Crippen MR) is 116 cm³/mol. The Kier molecular flexibility index (Phi) is 11.3. The lowest BCUT2D eigenvalue weighted by Crippen LogP contribution is -2.56. The molecule has 0 aliphatic rings. The second kappa shape index (κ2) is 13.1. The Hall–Kier alpha value is -2.25. The standard InChI is InChI=1S/C17H28N6O5S2/c1-9(14(24)23-13(7-29)17(27)28)21-16(26)12(3-4-30-2)22-15(25)11(18)5-10-6-19-8-20-10/h6,8-9,11-13,29H,3-5,7,18H2,1-2H3,(H,19,20)(H,21,26)(H,22,25)(H,23,24)(H,27,28). The third kappa shape index (κ3) is 8.63. The summed E-state index contributed by atoms with van der Waals surface area (Å²) in [6, 6.07) is -3.96. The van der Waals surface area contributed by atoms with Gasteiger partial charge in [-0.05, 0) is 25.4 Å². The lowest BCUT2D eigenvalue weighted by atomic mass is 10.1. The van der Waals surface area contributed by atoms with E-state index in [1.807, 2.05) is 6.26 Å². The quantitative estimate of drug-likeness (QED) is 0.174. The molecule has 30 heavy (non-hydrogen) atoms. The first-order valence-corrected chi connectivity index (χ1v) is 11.2. The van der Waals surface area contributed by atoms with Crippen molar-refractivity contribution in [1.29, 1.82) is 0 Å². The first-order valence-electron chi connectivity index (χ1n) is 9.16. The van der Waals surface area contributed by atoms with Crippen molar-refractivity contribution in [3.05, 3.63) is 18.2 Å². The first kappa shape index (κ1) is 25.8. The number of thioether (sulfide) groups is 1. The topological polar surface area (TPSA) is 179 Å². The molecule has 0 aromatic carbocycles. The van der Waals surface area contributed by atoms with Crippen LogP contribution in [-0.4, -0.2) is 80.7 Å². The number of aromatic amines is 1. The number of hydrogen-bond donors (Lipinski definition) is 7. The Balaban J connectivity index is 2.69. The maximum atomic E-state index is 12.6. The Labute approximate surface area is 184 Å². The molecule has 0 spiro atoms. The fourth-order valence-corrected chi connectivity index (χ4v) is 3.09. The van der Waals surface area contributed by atoms with E-state index in [0.717, 1.165) is 0 Å². The van der Waals surface area contributed by atoms with Gasteiger partial charge in [-0.15, -0.1) is 0 Å². The van der Waals surface area contributed by atoms with Crippen molar-refractivity contribution in [2.45, 2.75) is 43.9 Å². The van der Waals surface area contributed by atoms with E-state index in [0.29, 0.717) is 17.9 Å². The van der Waals surface area contributed by atoms with E-state index in [1.165, 1.54) is 25.0 Å². The van der Waals surface area contributed by atoms with Crippen molar-refractivity contribution >= 4 is 48.1 Å². The largest absolute Gasteiger partial charge is 0.480 e. The van der Waals surface area contributed by atoms with E-state index in [1.54, 1.807) is 6.20 Å². The molecule has 0 bridgehead atoms. The summed E-state index contributed by atoms with van der Waals surface area (Å²) >= 11 is 5.37. The minimum atomic E-state index is -1.23. The molecule has 0 radical (unpaired) electrons. The Morgan fingerprint density at radius 3 is 2.40 bits per heavy atom. The fraction of sp³-hybridized carbons (Fsp3) is 0.588. The first-order chi connectivity index (χ1) is 14.2. The van der Waals surface area contributed by atoms with Crippen molar-refractivity contribution in [2.24, 2.45) is 5.73 Å². The molecule has 1 rings (SSSR count). The van der Waals surface area contributed by atoms with Crippen molar-refractivity contribution < 1.29 is 24.3 Å². The number of imidazole rings is 1. The molecular formula is C17H28N6O5S2. The summed E-state index contributed by atoms with van der Waals surface area (Å²) in [4.78, 5) is 54.9. The number of carboxylic acid groups (broad SMARTS) is 1. The lowest BCUT2D eigenvalue weighted by molar-refractivity contribution is -0.141. The molecule has 3 amide bonds. The summed E-state index contributed by atoms with van der Waals surface area (Å²) in [6.07, 6.45) is 5.45. The molecule has 0 aliphatic heterocycles. The second-order valence-electron chi connectivity index (χ2n) is 6.54. The van der Waals surface area contributed by atoms with Gasteiger partial charge in [0.25, 0.3) is 0 Å². The highest BCUT2D eigenvalue weighted by molar-refractivity contribution is 7.98. The minimum Gasteiger partial charge on any atom is -0.480 e. The SMILES string of the molecule is CSCCC(NC(=O)C(N)Cc1cnc[nH]1)C(=O)NC(C)C(=O)NC(CS)C(=O)O. The zero-order chi connectivity index (χ0) is 22.7. The number of carbonyl (C=O) groups excluding carboxylic acids is 3. The van der Waals surface area contributed by atoms with E-state index in [-0.39, 0.29) is 12.2 Å². The van der Waals surface area contributed by atoms with Gasteiger partial charge >= 0.3 is 5.97 Å². The number of thiol groups is 1. The number of nitrogens with one attached hydrogen (secondary N) is 4. The molecule has 1 heterocycles. The number of amides is 3. The number of rotatable bonds is 13. The van der Waals surface area contributed by atoms with Crippen LogP contribution in [0, 0.1) is 0 Å². The van der Waals surface area contributed by atoms with Crippen LogP contribution in [0.2, 0.25) is 0 Å². The third-order valence-electron chi connectivity index (χ3n) is 4.12. The third-order valence-corrected chi connectivity index (χ3v) is 5.13. The highest BCUT2D eigenvalue weighted by Crippen LogP contribution is 2.04. The molecule has 0 aliphatic carbocycles. The van der Waals surface area contributed by atoms with Crippen LogP contribution in [0.1, 0.15) is 19.0 Å². The zero-order valence-corrected chi connectivity index (χ0v) is 18.5. The predicted octanol–water partition coefficient (Wildman–Crippen LogP) is -1.48. The van der Waals surface area contributed by atoms with Gasteiger partial charge < -0.3 is 31.8 Å². The van der Waals surface area contributed by atoms with Crippen LogP contribution >= 0.6 is 24.4 Å². The summed E-state index contributed by atoms with van der Waals surface area (Å²) < 4.78 is 0. The van der Waals surface area contributed by atoms with Crippen LogP contribution in [0.4, 0.5) is 0 Å². The maximum Gasteiger partial charge on any atom is 0.327 e. The smallest absolute Gasteiger partial charge is 0.327 e. The zero-order valence-electron chi connectivity index (χ0n) is 16.8. The van der Waals surface area contributed by atoms with Crippen LogP contribution in [0.15, 0.2) is 12.5 Å². The summed E-state index contributed by atoms with van der Waals surface area (Å²) in [5.41, 5.74) is 6.60. The number of nitrogens with two attached hydrogens (primary N) is 1. The van der Waals surface area contributed by atoms with Gasteiger partial charge in [-0.3, -0.25) is 14.4 Å². The molecule has 4 unspecified atom stereocenters. The van der Waals surface area contributed by atoms with E-state index in [4.69, 9.17) is 10.8 Å². The maximum absolute atomic E-state index is 12.6. The number of hydrogen-bond acceptors (Lipinski definition) is 8. The van der Waals surface area contributed by atoms with Gasteiger partial charge in [0.15, 0.2) is 0 Å². The van der Waals surface area contributed by atoms with Crippen molar-refractivity contribution in [2.75, 3.05) is 17.8 Å². The molecule has 0 saturated heterocycles. The molecule has 0 fully saturated rings. The van der Waals surface area contributed by atoms with Crippen LogP contribution in [0.5, 0.6) is 0 Å². The molecule has 4 atom stereocenters. The highest BCUT2D eigenvalue weighted by atomic mass is 32.2. The van der Waals surface area contributed by atoms with E-state index in [9.17, 15) is 19.2 Å². The molecule has 1 aromatic heterocycles. The number of carbonyl (C=O) groups is 4. The van der Waals surface area contributed by atoms with Crippen LogP contribution < -0.4 is 21.7 Å². The fourth-order valence-electron chi connectivity index (χ4n) is 2.37. The molecule has 168 valence electrons. The van der Waals surface area contributed by atoms with Crippen LogP contribution in [0.3, 0.4) is 0 Å². The van der Waals surface area contributed by atoms with E-state index < -0.39 is 47.9 Å². The van der Waals surface area contributed by atoms with Gasteiger partial charge in [-0.1, -0.05) is 0 Å². The number of aliphatic carboxylic acids is 1. The number of aromatic nitrogens is 2. The van der Waals surface area contributed by atoms with Gasteiger partial charge in [0.2, 0.25) is 17.7 Å². The number of H-pyrrole nitrogens is 1.